The number of fused-ring (bicyclic) bond motifs is 1. The second kappa shape index (κ2) is 4.77. The molecule has 0 amide bonds. The minimum absolute atomic E-state index is 0.966. The maximum absolute atomic E-state index is 4.40. The molecule has 0 atom stereocenters. The predicted octanol–water partition coefficient (Wildman–Crippen LogP) is 0.550. The number of likely N-dealkylation sites (N-methyl/N-ethyl adjacent to an activating group) is 2. The Morgan fingerprint density at radius 3 is 3.13 bits per heavy atom. The van der Waals surface area contributed by atoms with Crippen molar-refractivity contribution in [1.82, 2.24) is 20.4 Å². The zero-order valence-electron chi connectivity index (χ0n) is 9.64. The average molecular weight is 208 g/mol. The third kappa shape index (κ3) is 2.38. The first kappa shape index (κ1) is 10.6. The van der Waals surface area contributed by atoms with Gasteiger partial charge in [-0.2, -0.15) is 5.10 Å². The lowest BCUT2D eigenvalue weighted by Gasteiger charge is -2.15. The van der Waals surface area contributed by atoms with E-state index < -0.39 is 0 Å². The summed E-state index contributed by atoms with van der Waals surface area (Å²) in [5, 5.41) is 10.7. The summed E-state index contributed by atoms with van der Waals surface area (Å²) in [6.45, 7) is 3.06. The van der Waals surface area contributed by atoms with Crippen molar-refractivity contribution in [3.05, 3.63) is 17.0 Å². The second-order valence-corrected chi connectivity index (χ2v) is 4.32. The Balaban J connectivity index is 1.93. The molecule has 0 bridgehead atoms. The Bertz CT molecular complexity index is 318. The molecule has 0 radical (unpaired) electrons. The van der Waals surface area contributed by atoms with Gasteiger partial charge in [-0.05, 0) is 38.9 Å². The van der Waals surface area contributed by atoms with Crippen molar-refractivity contribution < 1.29 is 0 Å². The van der Waals surface area contributed by atoms with Gasteiger partial charge in [0, 0.05) is 25.3 Å². The summed E-state index contributed by atoms with van der Waals surface area (Å²) in [6, 6.07) is 0. The predicted molar refractivity (Wildman–Crippen MR) is 60.9 cm³/mol. The van der Waals surface area contributed by atoms with Gasteiger partial charge in [0.05, 0.1) is 5.69 Å². The minimum Gasteiger partial charge on any atom is -0.318 e. The fourth-order valence-corrected chi connectivity index (χ4v) is 2.16. The highest BCUT2D eigenvalue weighted by atomic mass is 15.2. The normalized spacial score (nSPS) is 14.9. The number of H-pyrrole nitrogens is 1. The van der Waals surface area contributed by atoms with Crippen molar-refractivity contribution in [3.63, 3.8) is 0 Å². The van der Waals surface area contributed by atoms with E-state index in [2.05, 4.69) is 27.5 Å². The molecule has 0 fully saturated rings. The molecule has 15 heavy (non-hydrogen) atoms. The molecular formula is C11H20N4. The molecule has 1 aliphatic rings. The maximum atomic E-state index is 4.40. The van der Waals surface area contributed by atoms with E-state index in [4.69, 9.17) is 0 Å². The Kier molecular flexibility index (Phi) is 3.38. The molecule has 1 aromatic rings. The summed E-state index contributed by atoms with van der Waals surface area (Å²) >= 11 is 0. The van der Waals surface area contributed by atoms with E-state index in [1.165, 1.54) is 36.2 Å². The van der Waals surface area contributed by atoms with E-state index in [1.807, 2.05) is 7.05 Å². The molecule has 1 heterocycles. The zero-order valence-corrected chi connectivity index (χ0v) is 9.64. The van der Waals surface area contributed by atoms with Crippen LogP contribution in [0.4, 0.5) is 0 Å². The van der Waals surface area contributed by atoms with E-state index in [0.717, 1.165) is 19.6 Å². The van der Waals surface area contributed by atoms with Crippen molar-refractivity contribution in [2.75, 3.05) is 27.2 Å². The fourth-order valence-electron chi connectivity index (χ4n) is 2.16. The molecule has 2 N–H and O–H groups in total. The highest BCUT2D eigenvalue weighted by molar-refractivity contribution is 5.29. The van der Waals surface area contributed by atoms with Crippen LogP contribution in [0.2, 0.25) is 0 Å². The van der Waals surface area contributed by atoms with Gasteiger partial charge >= 0.3 is 0 Å². The molecule has 0 saturated heterocycles. The lowest BCUT2D eigenvalue weighted by atomic mass is 10.2. The Morgan fingerprint density at radius 2 is 2.33 bits per heavy atom. The van der Waals surface area contributed by atoms with E-state index >= 15 is 0 Å². The van der Waals surface area contributed by atoms with Crippen LogP contribution < -0.4 is 5.32 Å². The van der Waals surface area contributed by atoms with Crippen LogP contribution in [0.3, 0.4) is 0 Å². The fraction of sp³-hybridized carbons (Fsp3) is 0.727. The molecule has 0 aromatic carbocycles. The summed E-state index contributed by atoms with van der Waals surface area (Å²) in [6.07, 6.45) is 3.68. The summed E-state index contributed by atoms with van der Waals surface area (Å²) < 4.78 is 0. The summed E-state index contributed by atoms with van der Waals surface area (Å²) in [5.41, 5.74) is 4.10. The van der Waals surface area contributed by atoms with Crippen molar-refractivity contribution >= 4 is 0 Å². The number of nitrogens with one attached hydrogen (secondary N) is 2. The molecule has 0 spiro atoms. The number of aryl methyl sites for hydroxylation is 1. The molecular weight excluding hydrogens is 188 g/mol. The number of nitrogens with zero attached hydrogens (tertiary/aromatic N) is 2. The lowest BCUT2D eigenvalue weighted by Crippen LogP contribution is -2.27. The number of hydrogen-bond donors (Lipinski definition) is 2. The van der Waals surface area contributed by atoms with Crippen LogP contribution in [0, 0.1) is 0 Å². The Morgan fingerprint density at radius 1 is 1.47 bits per heavy atom. The number of hydrogen-bond acceptors (Lipinski definition) is 3. The molecule has 4 heteroatoms. The van der Waals surface area contributed by atoms with E-state index in [0.29, 0.717) is 0 Å². The summed E-state index contributed by atoms with van der Waals surface area (Å²) in [7, 11) is 4.13. The van der Waals surface area contributed by atoms with Gasteiger partial charge in [-0.15, -0.1) is 0 Å². The van der Waals surface area contributed by atoms with Crippen LogP contribution in [-0.4, -0.2) is 42.3 Å². The van der Waals surface area contributed by atoms with E-state index in [9.17, 15) is 0 Å². The van der Waals surface area contributed by atoms with Crippen LogP contribution in [0.5, 0.6) is 0 Å². The standard InChI is InChI=1S/C11H20N4/c1-12-6-7-15(2)8-11-9-4-3-5-10(9)13-14-11/h12H,3-8H2,1-2H3,(H,13,14). The monoisotopic (exact) mass is 208 g/mol. The first-order valence-corrected chi connectivity index (χ1v) is 5.69. The highest BCUT2D eigenvalue weighted by Gasteiger charge is 2.18. The molecule has 4 nitrogen and oxygen atoms in total. The molecule has 0 aliphatic heterocycles. The SMILES string of the molecule is CNCCN(C)Cc1n[nH]c2c1CCC2. The molecule has 2 rings (SSSR count). The largest absolute Gasteiger partial charge is 0.318 e. The number of aromatic amines is 1. The Hall–Kier alpha value is -0.870. The van der Waals surface area contributed by atoms with Crippen LogP contribution in [0.1, 0.15) is 23.4 Å². The van der Waals surface area contributed by atoms with Gasteiger partial charge in [-0.3, -0.25) is 10.00 Å². The smallest absolute Gasteiger partial charge is 0.0796 e. The van der Waals surface area contributed by atoms with E-state index in [1.54, 1.807) is 0 Å². The van der Waals surface area contributed by atoms with Gasteiger partial charge in [0.2, 0.25) is 0 Å². The molecule has 0 saturated carbocycles. The maximum Gasteiger partial charge on any atom is 0.0796 e. The summed E-state index contributed by atoms with van der Waals surface area (Å²) in [5.74, 6) is 0. The van der Waals surface area contributed by atoms with Gasteiger partial charge in [0.15, 0.2) is 0 Å². The van der Waals surface area contributed by atoms with Crippen molar-refractivity contribution in [2.45, 2.75) is 25.8 Å². The second-order valence-electron chi connectivity index (χ2n) is 4.32. The van der Waals surface area contributed by atoms with Crippen LogP contribution in [0.25, 0.3) is 0 Å². The third-order valence-corrected chi connectivity index (χ3v) is 3.06. The summed E-state index contributed by atoms with van der Waals surface area (Å²) in [4.78, 5) is 2.31. The van der Waals surface area contributed by atoms with Crippen molar-refractivity contribution in [3.8, 4) is 0 Å². The van der Waals surface area contributed by atoms with Gasteiger partial charge in [0.25, 0.3) is 0 Å². The lowest BCUT2D eigenvalue weighted by molar-refractivity contribution is 0.323. The molecule has 1 aliphatic carbocycles. The van der Waals surface area contributed by atoms with Crippen LogP contribution in [0.15, 0.2) is 0 Å². The number of rotatable bonds is 5. The molecule has 0 unspecified atom stereocenters. The van der Waals surface area contributed by atoms with Gasteiger partial charge < -0.3 is 5.32 Å². The Labute approximate surface area is 91.1 Å². The van der Waals surface area contributed by atoms with E-state index in [-0.39, 0.29) is 0 Å². The number of aromatic nitrogens is 2. The van der Waals surface area contributed by atoms with Gasteiger partial charge in [-0.1, -0.05) is 0 Å². The van der Waals surface area contributed by atoms with Crippen LogP contribution >= 0.6 is 0 Å². The average Bonchev–Trinajstić information content (AvgIpc) is 2.80. The zero-order chi connectivity index (χ0) is 10.7. The molecule has 1 aromatic heterocycles. The first-order chi connectivity index (χ1) is 7.31. The van der Waals surface area contributed by atoms with Gasteiger partial charge in [-0.25, -0.2) is 0 Å². The molecule has 84 valence electrons. The topological polar surface area (TPSA) is 44.0 Å². The third-order valence-electron chi connectivity index (χ3n) is 3.06. The van der Waals surface area contributed by atoms with Crippen LogP contribution in [-0.2, 0) is 19.4 Å². The highest BCUT2D eigenvalue weighted by Crippen LogP contribution is 2.23. The van der Waals surface area contributed by atoms with Crippen molar-refractivity contribution in [1.29, 1.82) is 0 Å². The van der Waals surface area contributed by atoms with Gasteiger partial charge in [0.1, 0.15) is 0 Å². The van der Waals surface area contributed by atoms with Crippen molar-refractivity contribution in [2.24, 2.45) is 0 Å². The first-order valence-electron chi connectivity index (χ1n) is 5.69. The quantitative estimate of drug-likeness (QED) is 0.742. The minimum atomic E-state index is 0.966.